The summed E-state index contributed by atoms with van der Waals surface area (Å²) in [5, 5.41) is 9.25. The molecule has 0 fully saturated rings. The zero-order valence-electron chi connectivity index (χ0n) is 10.3. The van der Waals surface area contributed by atoms with Crippen LogP contribution in [0.25, 0.3) is 0 Å². The maximum absolute atomic E-state index is 10.5. The molecule has 5 nitrogen and oxygen atoms in total. The van der Waals surface area contributed by atoms with Crippen LogP contribution in [0.15, 0.2) is 36.5 Å². The van der Waals surface area contributed by atoms with Crippen molar-refractivity contribution in [2.45, 2.75) is 5.16 Å². The summed E-state index contributed by atoms with van der Waals surface area (Å²) in [5.41, 5.74) is 0. The van der Waals surface area contributed by atoms with E-state index in [2.05, 4.69) is 23.1 Å². The average molecular weight is 300 g/mol. The van der Waals surface area contributed by atoms with E-state index in [1.54, 1.807) is 18.2 Å². The van der Waals surface area contributed by atoms with Crippen molar-refractivity contribution in [2.24, 2.45) is 0 Å². The smallest absolute Gasteiger partial charge is 0.313 e. The fraction of sp³-hybridized carbons (Fsp3) is 0.250. The minimum absolute atomic E-state index is 0.108. The number of hydrogen-bond donors (Lipinski definition) is 1. The van der Waals surface area contributed by atoms with Gasteiger partial charge in [0.25, 0.3) is 0 Å². The summed E-state index contributed by atoms with van der Waals surface area (Å²) in [6, 6.07) is 1.62. The monoisotopic (exact) mass is 299 g/mol. The Morgan fingerprint density at radius 3 is 2.58 bits per heavy atom. The Morgan fingerprint density at radius 1 is 1.42 bits per heavy atom. The molecule has 0 amide bonds. The minimum atomic E-state index is -0.927. The Balaban J connectivity index is 2.95. The normalized spacial score (nSPS) is 9.95. The van der Waals surface area contributed by atoms with Gasteiger partial charge in [0.1, 0.15) is 11.0 Å². The van der Waals surface area contributed by atoms with Crippen LogP contribution in [-0.4, -0.2) is 39.9 Å². The second-order valence-corrected chi connectivity index (χ2v) is 4.83. The van der Waals surface area contributed by atoms with Crippen molar-refractivity contribution in [1.82, 2.24) is 9.97 Å². The molecule has 1 rings (SSSR count). The fourth-order valence-corrected chi connectivity index (χ4v) is 2.11. The molecule has 0 unspecified atom stereocenters. The van der Waals surface area contributed by atoms with Crippen LogP contribution in [0.1, 0.15) is 0 Å². The Hall–Kier alpha value is -1.53. The first-order valence-corrected chi connectivity index (χ1v) is 6.79. The lowest BCUT2D eigenvalue weighted by atomic mass is 10.4. The SMILES string of the molecule is C=CCN(CC=C)c1cc(Cl)nc(SCC(=O)O)n1. The van der Waals surface area contributed by atoms with Crippen LogP contribution in [0.3, 0.4) is 0 Å². The Labute approximate surface area is 121 Å². The molecule has 1 heterocycles. The molecule has 19 heavy (non-hydrogen) atoms. The van der Waals surface area contributed by atoms with E-state index in [-0.39, 0.29) is 10.9 Å². The largest absolute Gasteiger partial charge is 0.481 e. The van der Waals surface area contributed by atoms with E-state index in [9.17, 15) is 4.79 Å². The van der Waals surface area contributed by atoms with Gasteiger partial charge in [-0.2, -0.15) is 0 Å². The molecule has 1 aromatic heterocycles. The van der Waals surface area contributed by atoms with Gasteiger partial charge in [0.05, 0.1) is 5.75 Å². The summed E-state index contributed by atoms with van der Waals surface area (Å²) in [7, 11) is 0. The first-order valence-electron chi connectivity index (χ1n) is 5.42. The van der Waals surface area contributed by atoms with Gasteiger partial charge in [-0.05, 0) is 0 Å². The van der Waals surface area contributed by atoms with Crippen LogP contribution in [0.4, 0.5) is 5.82 Å². The number of thioether (sulfide) groups is 1. The molecule has 0 aliphatic carbocycles. The molecular weight excluding hydrogens is 286 g/mol. The van der Waals surface area contributed by atoms with Gasteiger partial charge in [-0.15, -0.1) is 13.2 Å². The van der Waals surface area contributed by atoms with Crippen molar-refractivity contribution in [2.75, 3.05) is 23.7 Å². The summed E-state index contributed by atoms with van der Waals surface area (Å²) < 4.78 is 0. The van der Waals surface area contributed by atoms with Gasteiger partial charge in [0.2, 0.25) is 0 Å². The molecule has 7 heteroatoms. The highest BCUT2D eigenvalue weighted by atomic mass is 35.5. The standard InChI is InChI=1S/C12H14ClN3O2S/c1-3-5-16(6-4-2)10-7-9(13)14-12(15-10)19-8-11(17)18/h3-4,7H,1-2,5-6,8H2,(H,17,18). The lowest BCUT2D eigenvalue weighted by Gasteiger charge is -2.20. The number of hydrogen-bond acceptors (Lipinski definition) is 5. The summed E-state index contributed by atoms with van der Waals surface area (Å²) in [4.78, 5) is 20.7. The van der Waals surface area contributed by atoms with Gasteiger partial charge < -0.3 is 10.0 Å². The van der Waals surface area contributed by atoms with Gasteiger partial charge in [-0.25, -0.2) is 9.97 Å². The highest BCUT2D eigenvalue weighted by Gasteiger charge is 2.10. The molecule has 0 aromatic carbocycles. The molecule has 0 saturated heterocycles. The Bertz CT molecular complexity index is 472. The van der Waals surface area contributed by atoms with Crippen LogP contribution in [-0.2, 0) is 4.79 Å². The van der Waals surface area contributed by atoms with E-state index in [1.807, 2.05) is 4.90 Å². The van der Waals surface area contributed by atoms with Crippen LogP contribution in [0.2, 0.25) is 5.15 Å². The number of anilines is 1. The first kappa shape index (κ1) is 15.5. The average Bonchev–Trinajstić information content (AvgIpc) is 2.35. The zero-order chi connectivity index (χ0) is 14.3. The highest BCUT2D eigenvalue weighted by Crippen LogP contribution is 2.21. The van der Waals surface area contributed by atoms with Crippen molar-refractivity contribution in [1.29, 1.82) is 0 Å². The number of rotatable bonds is 8. The molecule has 0 atom stereocenters. The van der Waals surface area contributed by atoms with Crippen molar-refractivity contribution >= 4 is 35.1 Å². The number of carbonyl (C=O) groups is 1. The quantitative estimate of drug-likeness (QED) is 0.344. The second kappa shape index (κ2) is 7.81. The topological polar surface area (TPSA) is 66.3 Å². The number of nitrogens with zero attached hydrogens (tertiary/aromatic N) is 3. The lowest BCUT2D eigenvalue weighted by molar-refractivity contribution is -0.133. The van der Waals surface area contributed by atoms with Crippen LogP contribution >= 0.6 is 23.4 Å². The first-order chi connectivity index (χ1) is 9.06. The molecule has 0 aliphatic heterocycles. The zero-order valence-corrected chi connectivity index (χ0v) is 11.8. The number of aliphatic carboxylic acids is 1. The van der Waals surface area contributed by atoms with Crippen molar-refractivity contribution in [3.63, 3.8) is 0 Å². The van der Waals surface area contributed by atoms with Crippen LogP contribution in [0.5, 0.6) is 0 Å². The number of carboxylic acids is 1. The predicted octanol–water partition coefficient (Wildman–Crippen LogP) is 2.49. The highest BCUT2D eigenvalue weighted by molar-refractivity contribution is 7.99. The van der Waals surface area contributed by atoms with Crippen molar-refractivity contribution in [3.8, 4) is 0 Å². The van der Waals surface area contributed by atoms with Gasteiger partial charge in [-0.1, -0.05) is 35.5 Å². The second-order valence-electron chi connectivity index (χ2n) is 3.50. The Kier molecular flexibility index (Phi) is 6.38. The van der Waals surface area contributed by atoms with E-state index >= 15 is 0 Å². The minimum Gasteiger partial charge on any atom is -0.481 e. The fourth-order valence-electron chi connectivity index (χ4n) is 1.31. The van der Waals surface area contributed by atoms with E-state index in [1.165, 1.54) is 0 Å². The maximum Gasteiger partial charge on any atom is 0.313 e. The molecule has 0 spiro atoms. The molecule has 0 aliphatic rings. The number of halogens is 1. The van der Waals surface area contributed by atoms with Crippen molar-refractivity contribution < 1.29 is 9.90 Å². The molecule has 102 valence electrons. The van der Waals surface area contributed by atoms with E-state index < -0.39 is 5.97 Å². The van der Waals surface area contributed by atoms with E-state index in [0.29, 0.717) is 24.1 Å². The molecule has 0 bridgehead atoms. The third kappa shape index (κ3) is 5.32. The molecule has 0 saturated carbocycles. The lowest BCUT2D eigenvalue weighted by Crippen LogP contribution is -2.24. The molecular formula is C12H14ClN3O2S. The van der Waals surface area contributed by atoms with Gasteiger partial charge in [-0.3, -0.25) is 4.79 Å². The summed E-state index contributed by atoms with van der Waals surface area (Å²) in [5.74, 6) is -0.417. The van der Waals surface area contributed by atoms with E-state index in [4.69, 9.17) is 16.7 Å². The number of aromatic nitrogens is 2. The molecule has 1 aromatic rings. The van der Waals surface area contributed by atoms with Gasteiger partial charge in [0.15, 0.2) is 5.16 Å². The third-order valence-corrected chi connectivity index (χ3v) is 3.03. The van der Waals surface area contributed by atoms with Crippen LogP contribution < -0.4 is 4.90 Å². The number of carboxylic acid groups (broad SMARTS) is 1. The van der Waals surface area contributed by atoms with E-state index in [0.717, 1.165) is 11.8 Å². The van der Waals surface area contributed by atoms with Crippen molar-refractivity contribution in [3.05, 3.63) is 36.5 Å². The Morgan fingerprint density at radius 2 is 2.05 bits per heavy atom. The predicted molar refractivity (Wildman–Crippen MR) is 78.0 cm³/mol. The van der Waals surface area contributed by atoms with Crippen LogP contribution in [0, 0.1) is 0 Å². The summed E-state index contributed by atoms with van der Waals surface area (Å²) >= 11 is 6.95. The molecule has 0 radical (unpaired) electrons. The third-order valence-electron chi connectivity index (χ3n) is 2.01. The summed E-state index contributed by atoms with van der Waals surface area (Å²) in [6.45, 7) is 8.53. The maximum atomic E-state index is 10.5. The van der Waals surface area contributed by atoms with Gasteiger partial charge >= 0.3 is 5.97 Å². The summed E-state index contributed by atoms with van der Waals surface area (Å²) in [6.07, 6.45) is 3.48. The molecule has 1 N–H and O–H groups in total. The van der Waals surface area contributed by atoms with Gasteiger partial charge in [0, 0.05) is 19.2 Å².